The van der Waals surface area contributed by atoms with E-state index in [1.807, 2.05) is 24.3 Å². The van der Waals surface area contributed by atoms with Gasteiger partial charge >= 0.3 is 0 Å². The lowest BCUT2D eigenvalue weighted by Gasteiger charge is -2.45. The van der Waals surface area contributed by atoms with Crippen molar-refractivity contribution < 1.29 is 18.9 Å². The van der Waals surface area contributed by atoms with Crippen molar-refractivity contribution in [1.82, 2.24) is 10.0 Å². The van der Waals surface area contributed by atoms with Crippen molar-refractivity contribution in [3.8, 4) is 5.75 Å². The summed E-state index contributed by atoms with van der Waals surface area (Å²) in [4.78, 5) is 0. The molecule has 6 nitrogen and oxygen atoms in total. The van der Waals surface area contributed by atoms with Crippen molar-refractivity contribution >= 4 is 0 Å². The van der Waals surface area contributed by atoms with Crippen LogP contribution >= 0.6 is 0 Å². The fourth-order valence-electron chi connectivity index (χ4n) is 4.75. The Morgan fingerprint density at radius 2 is 1.90 bits per heavy atom. The van der Waals surface area contributed by atoms with Gasteiger partial charge in [0.25, 0.3) is 0 Å². The molecule has 0 bridgehead atoms. The normalized spacial score (nSPS) is 22.4. The Labute approximate surface area is 187 Å². The van der Waals surface area contributed by atoms with Crippen LogP contribution in [0.15, 0.2) is 49.6 Å². The first kappa shape index (κ1) is 24.0. The van der Waals surface area contributed by atoms with Gasteiger partial charge in [-0.2, -0.15) is 0 Å². The van der Waals surface area contributed by atoms with Crippen LogP contribution in [0.2, 0.25) is 0 Å². The Bertz CT molecular complexity index is 687. The van der Waals surface area contributed by atoms with Gasteiger partial charge in [0.1, 0.15) is 5.75 Å². The second kappa shape index (κ2) is 11.8. The van der Waals surface area contributed by atoms with E-state index in [1.165, 1.54) is 6.42 Å². The van der Waals surface area contributed by atoms with Crippen LogP contribution in [0.3, 0.4) is 0 Å². The summed E-state index contributed by atoms with van der Waals surface area (Å²) in [6.45, 7) is 11.9. The van der Waals surface area contributed by atoms with Crippen molar-refractivity contribution in [3.63, 3.8) is 0 Å². The first-order valence-electron chi connectivity index (χ1n) is 11.3. The highest BCUT2D eigenvalue weighted by Crippen LogP contribution is 2.38. The molecule has 0 saturated carbocycles. The number of nitrogens with zero attached hydrogens (tertiary/aromatic N) is 2. The van der Waals surface area contributed by atoms with E-state index in [0.717, 1.165) is 50.3 Å². The van der Waals surface area contributed by atoms with Crippen LogP contribution < -0.4 is 4.74 Å². The predicted octanol–water partition coefficient (Wildman–Crippen LogP) is 4.13. The smallest absolute Gasteiger partial charge is 0.196 e. The molecule has 0 aliphatic carbocycles. The zero-order valence-electron chi connectivity index (χ0n) is 19.1. The van der Waals surface area contributed by atoms with E-state index >= 15 is 0 Å². The molecule has 0 unspecified atom stereocenters. The lowest BCUT2D eigenvalue weighted by molar-refractivity contribution is -0.289. The third-order valence-electron chi connectivity index (χ3n) is 6.20. The Morgan fingerprint density at radius 1 is 1.16 bits per heavy atom. The van der Waals surface area contributed by atoms with E-state index in [9.17, 15) is 0 Å². The van der Waals surface area contributed by atoms with E-state index in [4.69, 9.17) is 18.9 Å². The summed E-state index contributed by atoms with van der Waals surface area (Å²) >= 11 is 0. The lowest BCUT2D eigenvalue weighted by Crippen LogP contribution is -2.54. The standard InChI is InChI=1S/C25H38N2O4/c1-5-9-22(26(15-6-2)27-16-7-10-23(27)20-28-3)19-25(30-17-8-18-31-25)21-11-13-24(29-4)14-12-21/h5-6,11-14,22-23H,1-2,7-10,15-20H2,3-4H3/t22-,23+/m1/s1. The summed E-state index contributed by atoms with van der Waals surface area (Å²) in [5.74, 6) is 0.0405. The number of hydrogen-bond acceptors (Lipinski definition) is 6. The van der Waals surface area contributed by atoms with Crippen molar-refractivity contribution in [1.29, 1.82) is 0 Å². The minimum atomic E-state index is -0.784. The second-order valence-electron chi connectivity index (χ2n) is 8.24. The van der Waals surface area contributed by atoms with Gasteiger partial charge in [-0.05, 0) is 49.9 Å². The van der Waals surface area contributed by atoms with Crippen LogP contribution in [-0.4, -0.2) is 69.2 Å². The summed E-state index contributed by atoms with van der Waals surface area (Å²) in [5, 5.41) is 4.89. The first-order chi connectivity index (χ1) is 15.2. The molecule has 1 aromatic rings. The molecule has 2 atom stereocenters. The molecule has 6 heteroatoms. The Hall–Kier alpha value is -1.70. The number of benzene rings is 1. The van der Waals surface area contributed by atoms with E-state index in [-0.39, 0.29) is 6.04 Å². The Kier molecular flexibility index (Phi) is 9.11. The van der Waals surface area contributed by atoms with Crippen LogP contribution in [0, 0.1) is 0 Å². The molecule has 1 aromatic carbocycles. The Balaban J connectivity index is 1.90. The number of rotatable bonds is 12. The Morgan fingerprint density at radius 3 is 2.52 bits per heavy atom. The van der Waals surface area contributed by atoms with Crippen molar-refractivity contribution in [2.24, 2.45) is 0 Å². The molecule has 2 aliphatic rings. The van der Waals surface area contributed by atoms with Gasteiger partial charge < -0.3 is 18.9 Å². The zero-order chi connectivity index (χ0) is 22.1. The zero-order valence-corrected chi connectivity index (χ0v) is 19.1. The van der Waals surface area contributed by atoms with E-state index in [1.54, 1.807) is 14.2 Å². The molecule has 2 heterocycles. The topological polar surface area (TPSA) is 43.4 Å². The highest BCUT2D eigenvalue weighted by atomic mass is 16.7. The fraction of sp³-hybridized carbons (Fsp3) is 0.600. The summed E-state index contributed by atoms with van der Waals surface area (Å²) in [5.41, 5.74) is 1.02. The molecule has 0 radical (unpaired) electrons. The number of methoxy groups -OCH3 is 2. The summed E-state index contributed by atoms with van der Waals surface area (Å²) < 4.78 is 23.6. The molecule has 3 rings (SSSR count). The average Bonchev–Trinajstić information content (AvgIpc) is 3.26. The van der Waals surface area contributed by atoms with Crippen LogP contribution in [-0.2, 0) is 20.0 Å². The average molecular weight is 431 g/mol. The van der Waals surface area contributed by atoms with Crippen molar-refractivity contribution in [3.05, 3.63) is 55.1 Å². The van der Waals surface area contributed by atoms with Crippen molar-refractivity contribution in [2.75, 3.05) is 47.1 Å². The maximum Gasteiger partial charge on any atom is 0.196 e. The van der Waals surface area contributed by atoms with Gasteiger partial charge in [0.15, 0.2) is 5.79 Å². The molecular weight excluding hydrogens is 392 g/mol. The SMILES string of the molecule is C=CC[C@H](CC1(c2ccc(OC)cc2)OCCCO1)N(CC=C)N1CCC[C@H]1COC. The lowest BCUT2D eigenvalue weighted by atomic mass is 9.94. The molecule has 2 fully saturated rings. The van der Waals surface area contributed by atoms with E-state index < -0.39 is 5.79 Å². The molecule has 0 N–H and O–H groups in total. The van der Waals surface area contributed by atoms with Gasteiger partial charge in [0.05, 0.1) is 26.9 Å². The molecule has 2 aliphatic heterocycles. The van der Waals surface area contributed by atoms with E-state index in [2.05, 4.69) is 35.3 Å². The fourth-order valence-corrected chi connectivity index (χ4v) is 4.75. The van der Waals surface area contributed by atoms with Gasteiger partial charge in [0.2, 0.25) is 0 Å². The number of hydrogen-bond donors (Lipinski definition) is 0. The van der Waals surface area contributed by atoms with Gasteiger partial charge in [-0.3, -0.25) is 0 Å². The predicted molar refractivity (Wildman–Crippen MR) is 123 cm³/mol. The minimum absolute atomic E-state index is 0.160. The van der Waals surface area contributed by atoms with Crippen LogP contribution in [0.25, 0.3) is 0 Å². The quantitative estimate of drug-likeness (QED) is 0.465. The van der Waals surface area contributed by atoms with Gasteiger partial charge in [-0.1, -0.05) is 12.2 Å². The third kappa shape index (κ3) is 5.76. The summed E-state index contributed by atoms with van der Waals surface area (Å²) in [6, 6.07) is 8.58. The number of ether oxygens (including phenoxy) is 4. The molecule has 172 valence electrons. The van der Waals surface area contributed by atoms with Crippen LogP contribution in [0.1, 0.15) is 37.7 Å². The summed E-state index contributed by atoms with van der Waals surface area (Å²) in [7, 11) is 3.45. The van der Waals surface area contributed by atoms with Crippen LogP contribution in [0.4, 0.5) is 0 Å². The first-order valence-corrected chi connectivity index (χ1v) is 11.3. The van der Waals surface area contributed by atoms with Gasteiger partial charge in [0, 0.05) is 44.3 Å². The summed E-state index contributed by atoms with van der Waals surface area (Å²) in [6.07, 6.45) is 8.71. The molecule has 0 amide bonds. The van der Waals surface area contributed by atoms with Crippen LogP contribution in [0.5, 0.6) is 5.75 Å². The molecular formula is C25H38N2O4. The highest BCUT2D eigenvalue weighted by molar-refractivity contribution is 5.30. The highest BCUT2D eigenvalue weighted by Gasteiger charge is 2.42. The van der Waals surface area contributed by atoms with Crippen molar-refractivity contribution in [2.45, 2.75) is 50.0 Å². The molecule has 2 saturated heterocycles. The third-order valence-corrected chi connectivity index (χ3v) is 6.20. The maximum absolute atomic E-state index is 6.37. The van der Waals surface area contributed by atoms with E-state index in [0.29, 0.717) is 25.7 Å². The minimum Gasteiger partial charge on any atom is -0.497 e. The monoisotopic (exact) mass is 430 g/mol. The number of hydrazine groups is 1. The molecule has 0 aromatic heterocycles. The largest absolute Gasteiger partial charge is 0.497 e. The molecule has 0 spiro atoms. The van der Waals surface area contributed by atoms with Gasteiger partial charge in [-0.25, -0.2) is 10.0 Å². The second-order valence-corrected chi connectivity index (χ2v) is 8.24. The maximum atomic E-state index is 6.37. The van der Waals surface area contributed by atoms with Gasteiger partial charge in [-0.15, -0.1) is 13.2 Å². The molecule has 31 heavy (non-hydrogen) atoms.